The Hall–Kier alpha value is -2.17. The zero-order valence-corrected chi connectivity index (χ0v) is 21.8. The first-order valence-electron chi connectivity index (χ1n) is 13.3. The van der Waals surface area contributed by atoms with E-state index in [1.807, 2.05) is 0 Å². The maximum absolute atomic E-state index is 5.98. The minimum atomic E-state index is 0.388. The third-order valence-electron chi connectivity index (χ3n) is 8.00. The molecule has 0 spiro atoms. The molecular weight excluding hydrogens is 418 g/mol. The number of likely N-dealkylation sites (tertiary alicyclic amines) is 1. The maximum atomic E-state index is 5.98. The SMILES string of the molecule is Cc1cc(-c2[nH]c3ccc(C4CCN(C5CC(C)OC(C)C5)CC4)cc3c2C(C)C)cc(C)n1. The van der Waals surface area contributed by atoms with E-state index in [-0.39, 0.29) is 0 Å². The molecule has 34 heavy (non-hydrogen) atoms. The molecule has 0 amide bonds. The molecule has 2 aromatic heterocycles. The topological polar surface area (TPSA) is 41.2 Å². The summed E-state index contributed by atoms with van der Waals surface area (Å²) in [6, 6.07) is 12.3. The molecule has 1 aromatic carbocycles. The van der Waals surface area contributed by atoms with Gasteiger partial charge in [-0.05, 0) is 114 Å². The first-order valence-corrected chi connectivity index (χ1v) is 13.3. The van der Waals surface area contributed by atoms with Crippen molar-refractivity contribution >= 4 is 10.9 Å². The monoisotopic (exact) mass is 459 g/mol. The molecule has 4 heterocycles. The van der Waals surface area contributed by atoms with Gasteiger partial charge < -0.3 is 14.6 Å². The maximum Gasteiger partial charge on any atom is 0.0565 e. The first-order chi connectivity index (χ1) is 16.3. The molecule has 1 N–H and O–H groups in total. The lowest BCUT2D eigenvalue weighted by Crippen LogP contribution is -2.47. The average Bonchev–Trinajstić information content (AvgIpc) is 3.17. The summed E-state index contributed by atoms with van der Waals surface area (Å²) in [7, 11) is 0. The van der Waals surface area contributed by atoms with Crippen LogP contribution in [-0.2, 0) is 4.74 Å². The van der Waals surface area contributed by atoms with Crippen molar-refractivity contribution in [3.63, 3.8) is 0 Å². The van der Waals surface area contributed by atoms with Crippen LogP contribution in [0.3, 0.4) is 0 Å². The minimum absolute atomic E-state index is 0.388. The summed E-state index contributed by atoms with van der Waals surface area (Å²) in [5.74, 6) is 1.10. The fraction of sp³-hybridized carbons (Fsp3) is 0.567. The molecule has 2 unspecified atom stereocenters. The Morgan fingerprint density at radius 3 is 2.24 bits per heavy atom. The summed E-state index contributed by atoms with van der Waals surface area (Å²) in [5.41, 5.74) is 8.85. The standard InChI is InChI=1S/C30H41N3O/c1-18(2)29-27-17-24(7-8-28(27)32-30(29)25-13-19(3)31-20(4)14-25)23-9-11-33(12-10-23)26-15-21(5)34-22(6)16-26/h7-8,13-14,17-18,21-23,26,32H,9-12,15-16H2,1-6H3. The van der Waals surface area contributed by atoms with Crippen molar-refractivity contribution in [1.82, 2.24) is 14.9 Å². The van der Waals surface area contributed by atoms with Crippen LogP contribution in [-0.4, -0.2) is 46.2 Å². The number of aromatic nitrogens is 2. The van der Waals surface area contributed by atoms with Crippen LogP contribution in [0.4, 0.5) is 0 Å². The normalized spacial score (nSPS) is 24.9. The molecule has 3 aromatic rings. The van der Waals surface area contributed by atoms with E-state index in [9.17, 15) is 0 Å². The van der Waals surface area contributed by atoms with E-state index in [4.69, 9.17) is 4.74 Å². The number of pyridine rings is 1. The van der Waals surface area contributed by atoms with Gasteiger partial charge in [0.1, 0.15) is 0 Å². The van der Waals surface area contributed by atoms with Crippen molar-refractivity contribution in [2.75, 3.05) is 13.1 Å². The Kier molecular flexibility index (Phi) is 6.56. The fourth-order valence-electron chi connectivity index (χ4n) is 6.56. The number of fused-ring (bicyclic) bond motifs is 1. The van der Waals surface area contributed by atoms with Crippen molar-refractivity contribution in [2.45, 2.75) is 97.3 Å². The Labute approximate surface area is 205 Å². The second kappa shape index (κ2) is 9.47. The van der Waals surface area contributed by atoms with Gasteiger partial charge in [0.15, 0.2) is 0 Å². The van der Waals surface area contributed by atoms with E-state index in [1.165, 1.54) is 72.1 Å². The summed E-state index contributed by atoms with van der Waals surface area (Å²) in [4.78, 5) is 11.1. The Morgan fingerprint density at radius 1 is 0.971 bits per heavy atom. The molecule has 2 atom stereocenters. The predicted octanol–water partition coefficient (Wildman–Crippen LogP) is 7.11. The lowest BCUT2D eigenvalue weighted by molar-refractivity contribution is -0.0683. The second-order valence-corrected chi connectivity index (χ2v) is 11.2. The van der Waals surface area contributed by atoms with Crippen molar-refractivity contribution < 1.29 is 4.74 Å². The molecule has 0 aliphatic carbocycles. The highest BCUT2D eigenvalue weighted by Gasteiger charge is 2.32. The summed E-state index contributed by atoms with van der Waals surface area (Å²) < 4.78 is 5.98. The molecular formula is C30H41N3O. The number of aryl methyl sites for hydroxylation is 2. The molecule has 2 fully saturated rings. The van der Waals surface area contributed by atoms with Gasteiger partial charge in [-0.15, -0.1) is 0 Å². The lowest BCUT2D eigenvalue weighted by Gasteiger charge is -2.42. The average molecular weight is 460 g/mol. The summed E-state index contributed by atoms with van der Waals surface area (Å²) >= 11 is 0. The van der Waals surface area contributed by atoms with E-state index >= 15 is 0 Å². The Balaban J connectivity index is 1.40. The number of hydrogen-bond acceptors (Lipinski definition) is 3. The van der Waals surface area contributed by atoms with Gasteiger partial charge in [0.2, 0.25) is 0 Å². The molecule has 2 saturated heterocycles. The highest BCUT2D eigenvalue weighted by molar-refractivity contribution is 5.92. The van der Waals surface area contributed by atoms with Gasteiger partial charge >= 0.3 is 0 Å². The van der Waals surface area contributed by atoms with Crippen LogP contribution >= 0.6 is 0 Å². The zero-order valence-electron chi connectivity index (χ0n) is 21.8. The third kappa shape index (κ3) is 4.67. The quantitative estimate of drug-likeness (QED) is 0.452. The Bertz CT molecular complexity index is 1130. The number of rotatable bonds is 4. The highest BCUT2D eigenvalue weighted by atomic mass is 16.5. The number of aromatic amines is 1. The molecule has 182 valence electrons. The summed E-state index contributed by atoms with van der Waals surface area (Å²) in [5, 5.41) is 1.39. The summed E-state index contributed by atoms with van der Waals surface area (Å²) in [6.07, 6.45) is 5.64. The second-order valence-electron chi connectivity index (χ2n) is 11.2. The molecule has 0 radical (unpaired) electrons. The zero-order chi connectivity index (χ0) is 24.0. The van der Waals surface area contributed by atoms with Crippen LogP contribution in [0.5, 0.6) is 0 Å². The van der Waals surface area contributed by atoms with Crippen molar-refractivity contribution in [3.05, 3.63) is 52.8 Å². The summed E-state index contributed by atoms with van der Waals surface area (Å²) in [6.45, 7) is 15.7. The molecule has 2 aliphatic rings. The largest absolute Gasteiger partial charge is 0.375 e. The van der Waals surface area contributed by atoms with Crippen LogP contribution in [0.1, 0.15) is 87.7 Å². The van der Waals surface area contributed by atoms with E-state index in [0.29, 0.717) is 30.1 Å². The molecule has 0 bridgehead atoms. The van der Waals surface area contributed by atoms with Gasteiger partial charge in [-0.2, -0.15) is 0 Å². The van der Waals surface area contributed by atoms with Gasteiger partial charge in [0.05, 0.1) is 17.9 Å². The number of nitrogens with zero attached hydrogens (tertiary/aromatic N) is 2. The molecule has 2 aliphatic heterocycles. The number of nitrogens with one attached hydrogen (secondary N) is 1. The van der Waals surface area contributed by atoms with Gasteiger partial charge in [-0.25, -0.2) is 0 Å². The number of piperidine rings is 1. The van der Waals surface area contributed by atoms with Crippen molar-refractivity contribution in [1.29, 1.82) is 0 Å². The number of H-pyrrole nitrogens is 1. The fourth-order valence-corrected chi connectivity index (χ4v) is 6.56. The molecule has 0 saturated carbocycles. The van der Waals surface area contributed by atoms with E-state index in [1.54, 1.807) is 0 Å². The van der Waals surface area contributed by atoms with E-state index in [2.05, 4.69) is 86.7 Å². The number of hydrogen-bond donors (Lipinski definition) is 1. The predicted molar refractivity (Wildman–Crippen MR) is 142 cm³/mol. The number of ether oxygens (including phenoxy) is 1. The molecule has 4 nitrogen and oxygen atoms in total. The van der Waals surface area contributed by atoms with Crippen LogP contribution in [0.2, 0.25) is 0 Å². The van der Waals surface area contributed by atoms with Crippen LogP contribution in [0.15, 0.2) is 30.3 Å². The minimum Gasteiger partial charge on any atom is -0.375 e. The number of benzene rings is 1. The van der Waals surface area contributed by atoms with Crippen LogP contribution in [0, 0.1) is 13.8 Å². The van der Waals surface area contributed by atoms with Crippen molar-refractivity contribution in [3.8, 4) is 11.3 Å². The van der Waals surface area contributed by atoms with Gasteiger partial charge in [0.25, 0.3) is 0 Å². The van der Waals surface area contributed by atoms with Gasteiger partial charge in [0, 0.05) is 33.9 Å². The third-order valence-corrected chi connectivity index (χ3v) is 8.00. The van der Waals surface area contributed by atoms with E-state index < -0.39 is 0 Å². The highest BCUT2D eigenvalue weighted by Crippen LogP contribution is 2.39. The first kappa shape index (κ1) is 23.6. The van der Waals surface area contributed by atoms with Gasteiger partial charge in [-0.1, -0.05) is 19.9 Å². The lowest BCUT2D eigenvalue weighted by atomic mass is 9.86. The van der Waals surface area contributed by atoms with E-state index in [0.717, 1.165) is 11.4 Å². The van der Waals surface area contributed by atoms with Gasteiger partial charge in [-0.3, -0.25) is 4.98 Å². The smallest absolute Gasteiger partial charge is 0.0565 e. The van der Waals surface area contributed by atoms with Crippen LogP contribution < -0.4 is 0 Å². The van der Waals surface area contributed by atoms with Crippen LogP contribution in [0.25, 0.3) is 22.2 Å². The molecule has 4 heteroatoms. The molecule has 5 rings (SSSR count). The Morgan fingerprint density at radius 2 is 1.62 bits per heavy atom. The van der Waals surface area contributed by atoms with Crippen molar-refractivity contribution in [2.24, 2.45) is 0 Å².